The Hall–Kier alpha value is -2.58. The summed E-state index contributed by atoms with van der Waals surface area (Å²) in [5.74, 6) is 0.170. The Balaban J connectivity index is 2.29. The number of benzene rings is 2. The fourth-order valence-electron chi connectivity index (χ4n) is 3.08. The molecule has 3 rings (SSSR count). The number of pyridine rings is 1. The van der Waals surface area contributed by atoms with Gasteiger partial charge in [0.1, 0.15) is 6.07 Å². The fraction of sp³-hybridized carbons (Fsp3) is 0.174. The molecule has 7 heteroatoms. The van der Waals surface area contributed by atoms with E-state index >= 15 is 0 Å². The largest absolute Gasteiger partial charge is 0.299 e. The van der Waals surface area contributed by atoms with Gasteiger partial charge in [0.25, 0.3) is 0 Å². The summed E-state index contributed by atoms with van der Waals surface area (Å²) in [6, 6.07) is 16.2. The van der Waals surface area contributed by atoms with Crippen molar-refractivity contribution in [2.45, 2.75) is 19.8 Å². The zero-order valence-electron chi connectivity index (χ0n) is 16.4. The van der Waals surface area contributed by atoms with Crippen LogP contribution in [0.3, 0.4) is 0 Å². The van der Waals surface area contributed by atoms with Gasteiger partial charge in [0.2, 0.25) is 5.91 Å². The second-order valence-corrected chi connectivity index (χ2v) is 7.98. The monoisotopic (exact) mass is 457 g/mol. The number of anilines is 1. The molecule has 0 atom stereocenters. The van der Waals surface area contributed by atoms with E-state index in [1.165, 1.54) is 4.90 Å². The number of nitriles is 1. The van der Waals surface area contributed by atoms with Gasteiger partial charge in [-0.2, -0.15) is 5.26 Å². The van der Waals surface area contributed by atoms with Crippen molar-refractivity contribution < 1.29 is 4.79 Å². The Kier molecular flexibility index (Phi) is 6.99. The maximum Gasteiger partial charge on any atom is 0.227 e. The van der Waals surface area contributed by atoms with Crippen LogP contribution >= 0.6 is 34.8 Å². The summed E-state index contributed by atoms with van der Waals surface area (Å²) in [7, 11) is 1.62. The molecule has 0 spiro atoms. The highest BCUT2D eigenvalue weighted by Crippen LogP contribution is 2.39. The molecule has 4 nitrogen and oxygen atoms in total. The second-order valence-electron chi connectivity index (χ2n) is 6.70. The van der Waals surface area contributed by atoms with Gasteiger partial charge in [-0.25, -0.2) is 4.98 Å². The first-order chi connectivity index (χ1) is 14.3. The van der Waals surface area contributed by atoms with Crippen LogP contribution in [0.15, 0.2) is 48.5 Å². The summed E-state index contributed by atoms with van der Waals surface area (Å²) in [6.07, 6.45) is 1.06. The number of hydrogen-bond donors (Lipinski definition) is 0. The van der Waals surface area contributed by atoms with E-state index in [9.17, 15) is 10.1 Å². The van der Waals surface area contributed by atoms with Crippen LogP contribution < -0.4 is 4.90 Å². The SMILES string of the molecule is CCCC(=O)N(C)c1nc(-c2ccc(Cl)cc2Cl)c(-c2ccc(Cl)cc2)cc1C#N. The van der Waals surface area contributed by atoms with Crippen molar-refractivity contribution in [3.8, 4) is 28.5 Å². The van der Waals surface area contributed by atoms with Gasteiger partial charge in [-0.1, -0.05) is 53.9 Å². The van der Waals surface area contributed by atoms with E-state index in [0.29, 0.717) is 50.3 Å². The van der Waals surface area contributed by atoms with Gasteiger partial charge in [-0.15, -0.1) is 0 Å². The van der Waals surface area contributed by atoms with E-state index in [4.69, 9.17) is 39.8 Å². The lowest BCUT2D eigenvalue weighted by molar-refractivity contribution is -0.118. The number of carbonyl (C=O) groups is 1. The molecule has 0 fully saturated rings. The zero-order chi connectivity index (χ0) is 21.8. The summed E-state index contributed by atoms with van der Waals surface area (Å²) in [5, 5.41) is 11.3. The first kappa shape index (κ1) is 22.1. The molecule has 1 heterocycles. The first-order valence-corrected chi connectivity index (χ1v) is 10.4. The summed E-state index contributed by atoms with van der Waals surface area (Å²) >= 11 is 18.6. The quantitative estimate of drug-likeness (QED) is 0.413. The van der Waals surface area contributed by atoms with Crippen molar-refractivity contribution in [2.75, 3.05) is 11.9 Å². The normalized spacial score (nSPS) is 10.5. The Labute approximate surface area is 190 Å². The third-order valence-corrected chi connectivity index (χ3v) is 5.42. The first-order valence-electron chi connectivity index (χ1n) is 9.28. The van der Waals surface area contributed by atoms with Crippen molar-refractivity contribution >= 4 is 46.5 Å². The highest BCUT2D eigenvalue weighted by Gasteiger charge is 2.21. The Morgan fingerprint density at radius 3 is 2.30 bits per heavy atom. The van der Waals surface area contributed by atoms with Gasteiger partial charge in [0.15, 0.2) is 5.82 Å². The maximum atomic E-state index is 12.5. The fourth-order valence-corrected chi connectivity index (χ4v) is 3.70. The van der Waals surface area contributed by atoms with E-state index < -0.39 is 0 Å². The molecule has 2 aromatic carbocycles. The number of hydrogen-bond acceptors (Lipinski definition) is 3. The van der Waals surface area contributed by atoms with E-state index in [1.54, 1.807) is 43.4 Å². The lowest BCUT2D eigenvalue weighted by Crippen LogP contribution is -2.27. The standard InChI is InChI=1S/C23H18Cl3N3O/c1-3-4-21(30)29(2)23-15(13-27)11-19(14-5-7-16(24)8-6-14)22(28-23)18-10-9-17(25)12-20(18)26/h5-12H,3-4H2,1-2H3. The minimum absolute atomic E-state index is 0.117. The van der Waals surface area contributed by atoms with E-state index in [2.05, 4.69) is 6.07 Å². The molecule has 0 saturated heterocycles. The van der Waals surface area contributed by atoms with Crippen LogP contribution in [0.5, 0.6) is 0 Å². The molecule has 0 saturated carbocycles. The Morgan fingerprint density at radius 1 is 1.03 bits per heavy atom. The minimum Gasteiger partial charge on any atom is -0.299 e. The number of nitrogens with zero attached hydrogens (tertiary/aromatic N) is 3. The Morgan fingerprint density at radius 2 is 1.70 bits per heavy atom. The lowest BCUT2D eigenvalue weighted by atomic mass is 9.97. The average Bonchev–Trinajstić information content (AvgIpc) is 2.73. The summed E-state index contributed by atoms with van der Waals surface area (Å²) < 4.78 is 0. The zero-order valence-corrected chi connectivity index (χ0v) is 18.7. The second kappa shape index (κ2) is 9.49. The molecule has 0 radical (unpaired) electrons. The minimum atomic E-state index is -0.117. The van der Waals surface area contributed by atoms with Crippen molar-refractivity contribution in [2.24, 2.45) is 0 Å². The molecule has 0 unspecified atom stereocenters. The van der Waals surface area contributed by atoms with Gasteiger partial charge >= 0.3 is 0 Å². The number of aromatic nitrogens is 1. The molecule has 1 aromatic heterocycles. The Bertz CT molecular complexity index is 1140. The molecule has 3 aromatic rings. The lowest BCUT2D eigenvalue weighted by Gasteiger charge is -2.20. The van der Waals surface area contributed by atoms with Crippen molar-refractivity contribution in [3.63, 3.8) is 0 Å². The topological polar surface area (TPSA) is 57.0 Å². The van der Waals surface area contributed by atoms with Crippen LogP contribution in [0.1, 0.15) is 25.3 Å². The van der Waals surface area contributed by atoms with E-state index in [-0.39, 0.29) is 11.7 Å². The molecule has 0 aliphatic heterocycles. The molecule has 1 amide bonds. The van der Waals surface area contributed by atoms with Gasteiger partial charge in [0, 0.05) is 34.6 Å². The number of rotatable bonds is 5. The number of halogens is 3. The summed E-state index contributed by atoms with van der Waals surface area (Å²) in [4.78, 5) is 18.6. The van der Waals surface area contributed by atoms with Crippen molar-refractivity contribution in [3.05, 3.63) is 69.2 Å². The molecular formula is C23H18Cl3N3O. The van der Waals surface area contributed by atoms with Gasteiger partial charge in [0.05, 0.1) is 16.3 Å². The number of carbonyl (C=O) groups excluding carboxylic acids is 1. The van der Waals surface area contributed by atoms with Crippen LogP contribution in [-0.4, -0.2) is 17.9 Å². The number of amides is 1. The maximum absolute atomic E-state index is 12.5. The van der Waals surface area contributed by atoms with Crippen LogP contribution in [0.2, 0.25) is 15.1 Å². The van der Waals surface area contributed by atoms with E-state index in [1.807, 2.05) is 19.1 Å². The van der Waals surface area contributed by atoms with Crippen LogP contribution in [0.4, 0.5) is 5.82 Å². The van der Waals surface area contributed by atoms with Gasteiger partial charge in [-0.3, -0.25) is 9.69 Å². The molecule has 0 N–H and O–H groups in total. The predicted octanol–water partition coefficient (Wildman–Crippen LogP) is 7.01. The third-order valence-electron chi connectivity index (χ3n) is 4.62. The molecule has 0 bridgehead atoms. The molecule has 30 heavy (non-hydrogen) atoms. The van der Waals surface area contributed by atoms with Crippen molar-refractivity contribution in [1.82, 2.24) is 4.98 Å². The smallest absolute Gasteiger partial charge is 0.227 e. The third kappa shape index (κ3) is 4.60. The van der Waals surface area contributed by atoms with Crippen LogP contribution in [0.25, 0.3) is 22.4 Å². The van der Waals surface area contributed by atoms with Crippen LogP contribution in [0, 0.1) is 11.3 Å². The summed E-state index contributed by atoms with van der Waals surface area (Å²) in [6.45, 7) is 1.92. The highest BCUT2D eigenvalue weighted by atomic mass is 35.5. The van der Waals surface area contributed by atoms with Crippen LogP contribution in [-0.2, 0) is 4.79 Å². The van der Waals surface area contributed by atoms with E-state index in [0.717, 1.165) is 5.56 Å². The molecule has 152 valence electrons. The summed E-state index contributed by atoms with van der Waals surface area (Å²) in [5.41, 5.74) is 3.00. The van der Waals surface area contributed by atoms with Gasteiger partial charge < -0.3 is 0 Å². The molecular weight excluding hydrogens is 441 g/mol. The highest BCUT2D eigenvalue weighted by molar-refractivity contribution is 6.36. The predicted molar refractivity (Wildman–Crippen MR) is 123 cm³/mol. The van der Waals surface area contributed by atoms with Crippen molar-refractivity contribution in [1.29, 1.82) is 5.26 Å². The molecule has 0 aliphatic carbocycles. The average molecular weight is 459 g/mol. The van der Waals surface area contributed by atoms with Gasteiger partial charge in [-0.05, 0) is 48.4 Å². The molecule has 0 aliphatic rings.